The van der Waals surface area contributed by atoms with Crippen LogP contribution in [0.5, 0.6) is 5.75 Å². The highest BCUT2D eigenvalue weighted by Gasteiger charge is 2.14. The van der Waals surface area contributed by atoms with Crippen LogP contribution in [-0.2, 0) is 5.41 Å². The van der Waals surface area contributed by atoms with Gasteiger partial charge in [-0.05, 0) is 40.8 Å². The van der Waals surface area contributed by atoms with E-state index in [9.17, 15) is 20.0 Å². The Morgan fingerprint density at radius 3 is 2.36 bits per heavy atom. The van der Waals surface area contributed by atoms with Crippen LogP contribution in [0, 0.1) is 10.1 Å². The molecule has 0 bridgehead atoms. The average Bonchev–Trinajstić information content (AvgIpc) is 2.54. The number of amides is 1. The summed E-state index contributed by atoms with van der Waals surface area (Å²) in [5, 5.41) is 24.0. The summed E-state index contributed by atoms with van der Waals surface area (Å²) in [6.45, 7) is 6.27. The first-order valence-electron chi connectivity index (χ1n) is 7.60. The van der Waals surface area contributed by atoms with Gasteiger partial charge in [0.05, 0.1) is 11.1 Å². The van der Waals surface area contributed by atoms with Gasteiger partial charge in [0.1, 0.15) is 0 Å². The van der Waals surface area contributed by atoms with Crippen molar-refractivity contribution in [1.29, 1.82) is 0 Å². The normalized spacial score (nSPS) is 11.5. The van der Waals surface area contributed by atoms with E-state index in [0.717, 1.165) is 5.56 Å². The number of carbonyl (C=O) groups excluding carboxylic acids is 1. The van der Waals surface area contributed by atoms with Gasteiger partial charge < -0.3 is 5.11 Å². The minimum atomic E-state index is -0.681. The van der Waals surface area contributed by atoms with E-state index in [-0.39, 0.29) is 17.0 Å². The highest BCUT2D eigenvalue weighted by Crippen LogP contribution is 2.25. The van der Waals surface area contributed by atoms with E-state index in [2.05, 4.69) is 31.3 Å². The van der Waals surface area contributed by atoms with Gasteiger partial charge in [0.2, 0.25) is 0 Å². The molecule has 0 fully saturated rings. The molecule has 7 nitrogen and oxygen atoms in total. The monoisotopic (exact) mass is 341 g/mol. The molecule has 0 aliphatic carbocycles. The Labute approximate surface area is 145 Å². The summed E-state index contributed by atoms with van der Waals surface area (Å²) in [5.74, 6) is -0.833. The molecule has 1 amide bonds. The van der Waals surface area contributed by atoms with Crippen molar-refractivity contribution in [3.05, 3.63) is 69.3 Å². The fourth-order valence-corrected chi connectivity index (χ4v) is 2.13. The number of rotatable bonds is 4. The van der Waals surface area contributed by atoms with Crippen LogP contribution in [0.1, 0.15) is 42.3 Å². The minimum Gasteiger partial charge on any atom is -0.502 e. The molecule has 2 N–H and O–H groups in total. The Bertz CT molecular complexity index is 821. The summed E-state index contributed by atoms with van der Waals surface area (Å²) in [7, 11) is 0. The first kappa shape index (κ1) is 18.1. The van der Waals surface area contributed by atoms with Crippen molar-refractivity contribution in [2.24, 2.45) is 5.10 Å². The zero-order chi connectivity index (χ0) is 18.6. The molecule has 0 atom stereocenters. The number of nitrogens with zero attached hydrogens (tertiary/aromatic N) is 2. The lowest BCUT2D eigenvalue weighted by atomic mass is 9.87. The summed E-state index contributed by atoms with van der Waals surface area (Å²) >= 11 is 0. The van der Waals surface area contributed by atoms with E-state index in [0.29, 0.717) is 11.1 Å². The van der Waals surface area contributed by atoms with Gasteiger partial charge in [-0.15, -0.1) is 0 Å². The Balaban J connectivity index is 2.03. The predicted molar refractivity (Wildman–Crippen MR) is 95.0 cm³/mol. The Morgan fingerprint density at radius 2 is 1.84 bits per heavy atom. The van der Waals surface area contributed by atoms with Crippen molar-refractivity contribution >= 4 is 17.8 Å². The molecule has 0 saturated carbocycles. The largest absolute Gasteiger partial charge is 0.502 e. The molecule has 0 aliphatic heterocycles. The second kappa shape index (κ2) is 7.12. The maximum Gasteiger partial charge on any atom is 0.310 e. The summed E-state index contributed by atoms with van der Waals surface area (Å²) < 4.78 is 0. The van der Waals surface area contributed by atoms with E-state index >= 15 is 0 Å². The maximum atomic E-state index is 12.0. The third-order valence-corrected chi connectivity index (χ3v) is 3.59. The van der Waals surface area contributed by atoms with Gasteiger partial charge in [-0.25, -0.2) is 5.43 Å². The molecule has 0 heterocycles. The van der Waals surface area contributed by atoms with Gasteiger partial charge >= 0.3 is 5.69 Å². The standard InChI is InChI=1S/C18H19N3O4/c1-18(2,3)14-7-5-13(6-8-14)17(23)20-19-11-12-4-9-15(21(24)25)16(22)10-12/h4-11,22H,1-3H3,(H,20,23). The van der Waals surface area contributed by atoms with Crippen LogP contribution >= 0.6 is 0 Å². The molecule has 0 saturated heterocycles. The second-order valence-corrected chi connectivity index (χ2v) is 6.53. The molecular formula is C18H19N3O4. The third kappa shape index (κ3) is 4.63. The van der Waals surface area contributed by atoms with Crippen LogP contribution in [0.2, 0.25) is 0 Å². The van der Waals surface area contributed by atoms with Crippen LogP contribution in [0.15, 0.2) is 47.6 Å². The summed E-state index contributed by atoms with van der Waals surface area (Å²) in [6.07, 6.45) is 1.30. The van der Waals surface area contributed by atoms with Crippen molar-refractivity contribution in [1.82, 2.24) is 5.43 Å². The number of phenols is 1. The van der Waals surface area contributed by atoms with Crippen molar-refractivity contribution in [2.75, 3.05) is 0 Å². The number of hydrogen-bond donors (Lipinski definition) is 2. The maximum absolute atomic E-state index is 12.0. The lowest BCUT2D eigenvalue weighted by Crippen LogP contribution is -2.18. The van der Waals surface area contributed by atoms with Crippen molar-refractivity contribution in [3.63, 3.8) is 0 Å². The van der Waals surface area contributed by atoms with Gasteiger partial charge in [-0.3, -0.25) is 14.9 Å². The van der Waals surface area contributed by atoms with Crippen molar-refractivity contribution in [3.8, 4) is 5.75 Å². The first-order valence-corrected chi connectivity index (χ1v) is 7.60. The second-order valence-electron chi connectivity index (χ2n) is 6.53. The first-order chi connectivity index (χ1) is 11.7. The summed E-state index contributed by atoms with van der Waals surface area (Å²) in [5.41, 5.74) is 4.00. The molecule has 0 spiro atoms. The van der Waals surface area contributed by atoms with Crippen LogP contribution < -0.4 is 5.43 Å². The van der Waals surface area contributed by atoms with Gasteiger partial charge in [0.15, 0.2) is 5.75 Å². The SMILES string of the molecule is CC(C)(C)c1ccc(C(=O)NN=Cc2ccc([N+](=O)[O-])c(O)c2)cc1. The van der Waals surface area contributed by atoms with Gasteiger partial charge in [-0.2, -0.15) is 5.10 Å². The average molecular weight is 341 g/mol. The van der Waals surface area contributed by atoms with Crippen molar-refractivity contribution in [2.45, 2.75) is 26.2 Å². The number of hydrazone groups is 1. The minimum absolute atomic E-state index is 0.00504. The predicted octanol–water partition coefficient (Wildman–Crippen LogP) is 3.36. The number of carbonyl (C=O) groups is 1. The molecule has 2 aromatic carbocycles. The van der Waals surface area contributed by atoms with E-state index in [1.165, 1.54) is 24.4 Å². The highest BCUT2D eigenvalue weighted by atomic mass is 16.6. The lowest BCUT2D eigenvalue weighted by Gasteiger charge is -2.18. The quantitative estimate of drug-likeness (QED) is 0.505. The molecule has 0 radical (unpaired) electrons. The van der Waals surface area contributed by atoms with E-state index < -0.39 is 10.7 Å². The number of phenolic OH excluding ortho intramolecular Hbond substituents is 1. The van der Waals surface area contributed by atoms with Crippen LogP contribution in [0.25, 0.3) is 0 Å². The highest BCUT2D eigenvalue weighted by molar-refractivity contribution is 5.95. The number of aromatic hydroxyl groups is 1. The number of benzene rings is 2. The van der Waals surface area contributed by atoms with Crippen LogP contribution in [0.4, 0.5) is 5.69 Å². The Hall–Kier alpha value is -3.22. The fourth-order valence-electron chi connectivity index (χ4n) is 2.13. The molecule has 2 rings (SSSR count). The molecule has 0 unspecified atom stereocenters. The molecule has 0 aliphatic rings. The molecule has 7 heteroatoms. The number of nitro benzene ring substituents is 1. The molecule has 130 valence electrons. The number of hydrogen-bond acceptors (Lipinski definition) is 5. The number of nitrogens with one attached hydrogen (secondary N) is 1. The topological polar surface area (TPSA) is 105 Å². The van der Waals surface area contributed by atoms with Crippen LogP contribution in [-0.4, -0.2) is 22.2 Å². The van der Waals surface area contributed by atoms with Gasteiger partial charge in [0.25, 0.3) is 5.91 Å². The zero-order valence-electron chi connectivity index (χ0n) is 14.2. The van der Waals surface area contributed by atoms with Crippen LogP contribution in [0.3, 0.4) is 0 Å². The molecule has 25 heavy (non-hydrogen) atoms. The smallest absolute Gasteiger partial charge is 0.310 e. The number of nitro groups is 1. The lowest BCUT2D eigenvalue weighted by molar-refractivity contribution is -0.385. The summed E-state index contributed by atoms with van der Waals surface area (Å²) in [6, 6.07) is 11.0. The Morgan fingerprint density at radius 1 is 1.20 bits per heavy atom. The fraction of sp³-hybridized carbons (Fsp3) is 0.222. The molecular weight excluding hydrogens is 322 g/mol. The van der Waals surface area contributed by atoms with E-state index in [1.54, 1.807) is 12.1 Å². The van der Waals surface area contributed by atoms with Crippen molar-refractivity contribution < 1.29 is 14.8 Å². The Kier molecular flexibility index (Phi) is 5.17. The third-order valence-electron chi connectivity index (χ3n) is 3.59. The molecule has 2 aromatic rings. The zero-order valence-corrected chi connectivity index (χ0v) is 14.2. The van der Waals surface area contributed by atoms with Gasteiger partial charge in [-0.1, -0.05) is 32.9 Å². The molecule has 0 aromatic heterocycles. The van der Waals surface area contributed by atoms with Gasteiger partial charge in [0, 0.05) is 11.6 Å². The van der Waals surface area contributed by atoms with E-state index in [4.69, 9.17) is 0 Å². The van der Waals surface area contributed by atoms with E-state index in [1.807, 2.05) is 12.1 Å². The summed E-state index contributed by atoms with van der Waals surface area (Å²) in [4.78, 5) is 22.0.